The molecule has 2 aromatic rings. The summed E-state index contributed by atoms with van der Waals surface area (Å²) in [5.41, 5.74) is 2.17. The molecule has 0 spiro atoms. The Kier molecular flexibility index (Phi) is 11.2. The van der Waals surface area contributed by atoms with Crippen LogP contribution in [-0.2, 0) is 15.6 Å². The Balaban J connectivity index is 2.30. The first-order chi connectivity index (χ1) is 16.8. The molecule has 0 amide bonds. The molecule has 2 unspecified atom stereocenters. The van der Waals surface area contributed by atoms with Gasteiger partial charge >= 0.3 is 0 Å². The zero-order valence-corrected chi connectivity index (χ0v) is 23.2. The lowest BCUT2D eigenvalue weighted by molar-refractivity contribution is 0.0469. The van der Waals surface area contributed by atoms with Crippen molar-refractivity contribution >= 4 is 0 Å². The molecule has 0 aromatic heterocycles. The number of benzene rings is 2. The van der Waals surface area contributed by atoms with Gasteiger partial charge in [-0.1, -0.05) is 65.5 Å². The van der Waals surface area contributed by atoms with Gasteiger partial charge in [0.2, 0.25) is 0 Å². The van der Waals surface area contributed by atoms with E-state index in [1.165, 1.54) is 11.1 Å². The number of ether oxygens (including phenoxy) is 5. The summed E-state index contributed by atoms with van der Waals surface area (Å²) in [7, 11) is 6.71. The fourth-order valence-corrected chi connectivity index (χ4v) is 4.66. The summed E-state index contributed by atoms with van der Waals surface area (Å²) in [6.45, 7) is 10.3. The van der Waals surface area contributed by atoms with Gasteiger partial charge in [0.25, 0.3) is 0 Å². The Labute approximate surface area is 213 Å². The van der Waals surface area contributed by atoms with E-state index in [4.69, 9.17) is 23.7 Å². The molecule has 0 aliphatic heterocycles. The van der Waals surface area contributed by atoms with Crippen molar-refractivity contribution in [1.82, 2.24) is 0 Å². The van der Waals surface area contributed by atoms with Gasteiger partial charge < -0.3 is 23.7 Å². The largest absolute Gasteiger partial charge is 0.493 e. The van der Waals surface area contributed by atoms with E-state index in [2.05, 4.69) is 52.0 Å². The van der Waals surface area contributed by atoms with Crippen molar-refractivity contribution in [3.05, 3.63) is 47.5 Å². The maximum absolute atomic E-state index is 6.58. The molecule has 0 bridgehead atoms. The van der Waals surface area contributed by atoms with Crippen molar-refractivity contribution in [2.45, 2.75) is 77.0 Å². The third kappa shape index (κ3) is 7.30. The molecule has 0 N–H and O–H groups in total. The molecule has 0 aliphatic rings. The summed E-state index contributed by atoms with van der Waals surface area (Å²) in [6, 6.07) is 12.5. The summed E-state index contributed by atoms with van der Waals surface area (Å²) in [5, 5.41) is 0. The monoisotopic (exact) mass is 486 g/mol. The van der Waals surface area contributed by atoms with Gasteiger partial charge in [-0.2, -0.15) is 0 Å². The van der Waals surface area contributed by atoms with Gasteiger partial charge in [-0.05, 0) is 48.2 Å². The first-order valence-corrected chi connectivity index (χ1v) is 12.8. The maximum atomic E-state index is 6.58. The Morgan fingerprint density at radius 2 is 0.943 bits per heavy atom. The molecule has 2 atom stereocenters. The molecular formula is C30H46O5. The number of methoxy groups -OCH3 is 4. The van der Waals surface area contributed by atoms with E-state index in [-0.39, 0.29) is 10.8 Å². The minimum atomic E-state index is -0.126. The molecule has 0 heterocycles. The van der Waals surface area contributed by atoms with Crippen molar-refractivity contribution in [3.63, 3.8) is 0 Å². The molecule has 35 heavy (non-hydrogen) atoms. The molecule has 2 rings (SSSR count). The second-order valence-electron chi connectivity index (χ2n) is 9.96. The van der Waals surface area contributed by atoms with Gasteiger partial charge in [-0.25, -0.2) is 0 Å². The minimum absolute atomic E-state index is 0.126. The van der Waals surface area contributed by atoms with Crippen LogP contribution in [0.15, 0.2) is 36.4 Å². The number of unbranched alkanes of at least 4 members (excludes halogenated alkanes) is 2. The first-order valence-electron chi connectivity index (χ1n) is 12.8. The lowest BCUT2D eigenvalue weighted by atomic mass is 9.77. The van der Waals surface area contributed by atoms with E-state index in [9.17, 15) is 0 Å². The molecule has 0 aliphatic carbocycles. The summed E-state index contributed by atoms with van der Waals surface area (Å²) in [6.07, 6.45) is 6.64. The van der Waals surface area contributed by atoms with Crippen molar-refractivity contribution < 1.29 is 23.7 Å². The molecule has 0 saturated heterocycles. The quantitative estimate of drug-likeness (QED) is 0.248. The molecule has 0 fully saturated rings. The topological polar surface area (TPSA) is 46.2 Å². The predicted molar refractivity (Wildman–Crippen MR) is 144 cm³/mol. The Morgan fingerprint density at radius 3 is 1.26 bits per heavy atom. The van der Waals surface area contributed by atoms with E-state index in [1.807, 2.05) is 12.1 Å². The molecule has 5 nitrogen and oxygen atoms in total. The zero-order chi connectivity index (χ0) is 25.9. The van der Waals surface area contributed by atoms with Crippen molar-refractivity contribution in [2.75, 3.05) is 41.7 Å². The summed E-state index contributed by atoms with van der Waals surface area (Å²) < 4.78 is 28.7. The van der Waals surface area contributed by atoms with E-state index in [0.717, 1.165) is 61.5 Å². The Hall–Kier alpha value is -2.40. The molecule has 0 saturated carbocycles. The van der Waals surface area contributed by atoms with Gasteiger partial charge in [-0.15, -0.1) is 0 Å². The van der Waals surface area contributed by atoms with Crippen LogP contribution in [0.25, 0.3) is 0 Å². The third-order valence-corrected chi connectivity index (χ3v) is 7.17. The predicted octanol–water partition coefficient (Wildman–Crippen LogP) is 7.33. The summed E-state index contributed by atoms with van der Waals surface area (Å²) in [4.78, 5) is 0. The highest BCUT2D eigenvalue weighted by molar-refractivity contribution is 5.46. The average Bonchev–Trinajstić information content (AvgIpc) is 2.89. The van der Waals surface area contributed by atoms with Crippen LogP contribution in [0.5, 0.6) is 23.0 Å². The first kappa shape index (κ1) is 28.8. The highest BCUT2D eigenvalue weighted by Gasteiger charge is 2.32. The van der Waals surface area contributed by atoms with Crippen LogP contribution in [0.3, 0.4) is 0 Å². The van der Waals surface area contributed by atoms with Crippen LogP contribution < -0.4 is 18.9 Å². The Morgan fingerprint density at radius 1 is 0.571 bits per heavy atom. The SMILES string of the molecule is CCCCC(C)(COCC(C)(CCCC)c1ccc(OC)c(OC)c1)c1ccc(OC)c(OC)c1. The average molecular weight is 487 g/mol. The fraction of sp³-hybridized carbons (Fsp3) is 0.600. The Bertz CT molecular complexity index is 838. The van der Waals surface area contributed by atoms with E-state index in [1.54, 1.807) is 28.4 Å². The smallest absolute Gasteiger partial charge is 0.161 e. The van der Waals surface area contributed by atoms with E-state index >= 15 is 0 Å². The van der Waals surface area contributed by atoms with Crippen LogP contribution >= 0.6 is 0 Å². The van der Waals surface area contributed by atoms with Crippen LogP contribution in [0, 0.1) is 0 Å². The highest BCUT2D eigenvalue weighted by Crippen LogP contribution is 2.39. The lowest BCUT2D eigenvalue weighted by Crippen LogP contribution is -2.34. The second-order valence-corrected chi connectivity index (χ2v) is 9.96. The second kappa shape index (κ2) is 13.6. The van der Waals surface area contributed by atoms with E-state index < -0.39 is 0 Å². The normalized spacial score (nSPS) is 14.6. The number of hydrogen-bond donors (Lipinski definition) is 0. The summed E-state index contributed by atoms with van der Waals surface area (Å²) in [5.74, 6) is 3.00. The molecular weight excluding hydrogens is 440 g/mol. The van der Waals surface area contributed by atoms with Gasteiger partial charge in [0.15, 0.2) is 23.0 Å². The minimum Gasteiger partial charge on any atom is -0.493 e. The van der Waals surface area contributed by atoms with Crippen LogP contribution in [0.4, 0.5) is 0 Å². The maximum Gasteiger partial charge on any atom is 0.161 e. The van der Waals surface area contributed by atoms with Crippen molar-refractivity contribution in [1.29, 1.82) is 0 Å². The molecule has 196 valence electrons. The van der Waals surface area contributed by atoms with Crippen molar-refractivity contribution in [3.8, 4) is 23.0 Å². The fourth-order valence-electron chi connectivity index (χ4n) is 4.66. The molecule has 0 radical (unpaired) electrons. The third-order valence-electron chi connectivity index (χ3n) is 7.17. The number of rotatable bonds is 16. The van der Waals surface area contributed by atoms with Crippen molar-refractivity contribution in [2.24, 2.45) is 0 Å². The standard InChI is InChI=1S/C30H46O5/c1-9-11-17-29(3,23-13-15-25(31-5)27(19-23)33-7)21-35-22-30(4,18-12-10-2)24-14-16-26(32-6)28(20-24)34-8/h13-16,19-20H,9-12,17-18,21-22H2,1-8H3. The molecule has 5 heteroatoms. The lowest BCUT2D eigenvalue weighted by Gasteiger charge is -2.35. The zero-order valence-electron chi connectivity index (χ0n) is 23.2. The molecule has 2 aromatic carbocycles. The van der Waals surface area contributed by atoms with Crippen LogP contribution in [0.1, 0.15) is 77.3 Å². The van der Waals surface area contributed by atoms with Gasteiger partial charge in [0.1, 0.15) is 0 Å². The van der Waals surface area contributed by atoms with E-state index in [0.29, 0.717) is 13.2 Å². The van der Waals surface area contributed by atoms with Gasteiger partial charge in [0, 0.05) is 10.8 Å². The van der Waals surface area contributed by atoms with Gasteiger partial charge in [0.05, 0.1) is 41.7 Å². The van der Waals surface area contributed by atoms with Crippen LogP contribution in [-0.4, -0.2) is 41.7 Å². The number of hydrogen-bond acceptors (Lipinski definition) is 5. The highest BCUT2D eigenvalue weighted by atomic mass is 16.5. The van der Waals surface area contributed by atoms with Gasteiger partial charge in [-0.3, -0.25) is 0 Å². The van der Waals surface area contributed by atoms with Crippen LogP contribution in [0.2, 0.25) is 0 Å². The summed E-state index contributed by atoms with van der Waals surface area (Å²) >= 11 is 0.